The van der Waals surface area contributed by atoms with E-state index in [0.717, 1.165) is 31.2 Å². The van der Waals surface area contributed by atoms with Gasteiger partial charge in [0.2, 0.25) is 0 Å². The van der Waals surface area contributed by atoms with Crippen LogP contribution in [0.3, 0.4) is 0 Å². The van der Waals surface area contributed by atoms with Gasteiger partial charge in [-0.3, -0.25) is 4.79 Å². The van der Waals surface area contributed by atoms with E-state index in [-0.39, 0.29) is 29.3 Å². The van der Waals surface area contributed by atoms with E-state index in [0.29, 0.717) is 25.3 Å². The van der Waals surface area contributed by atoms with Crippen LogP contribution in [0.25, 0.3) is 0 Å². The molecule has 2 saturated heterocycles. The zero-order chi connectivity index (χ0) is 23.6. The lowest BCUT2D eigenvalue weighted by atomic mass is 9.80. The summed E-state index contributed by atoms with van der Waals surface area (Å²) in [4.78, 5) is 14.8. The van der Waals surface area contributed by atoms with Crippen LogP contribution in [-0.2, 0) is 15.1 Å². The predicted molar refractivity (Wildman–Crippen MR) is 124 cm³/mol. The van der Waals surface area contributed by atoms with E-state index in [9.17, 15) is 14.3 Å². The van der Waals surface area contributed by atoms with Gasteiger partial charge in [0.15, 0.2) is 0 Å². The molecule has 6 heteroatoms. The van der Waals surface area contributed by atoms with Gasteiger partial charge >= 0.3 is 0 Å². The first kappa shape index (κ1) is 23.9. The zero-order valence-electron chi connectivity index (χ0n) is 19.7. The molecule has 2 fully saturated rings. The first-order valence-corrected chi connectivity index (χ1v) is 11.9. The van der Waals surface area contributed by atoms with Crippen molar-refractivity contribution in [3.63, 3.8) is 0 Å². The molecule has 2 aromatic rings. The van der Waals surface area contributed by atoms with E-state index >= 15 is 0 Å². The molecule has 0 aromatic heterocycles. The van der Waals surface area contributed by atoms with Crippen LogP contribution in [0.5, 0.6) is 0 Å². The molecular weight excluding hydrogens is 421 g/mol. The second-order valence-corrected chi connectivity index (χ2v) is 9.76. The number of amides is 1. The summed E-state index contributed by atoms with van der Waals surface area (Å²) < 4.78 is 27.2. The Labute approximate surface area is 195 Å². The maximum Gasteiger partial charge on any atom is 0.253 e. The van der Waals surface area contributed by atoms with Crippen LogP contribution in [-0.4, -0.2) is 47.3 Å². The standard InChI is InChI=1S/C27H34FNO4/c1-4-32-21-17-24(19-8-6-5-7-9-19)33-27(18-21)12-14-29(15-13-27)25(30)20-10-11-22(23(28)16-20)26(2,3)31/h5-11,16,21,24,31H,4,12-15,17-18H2,1-3H3/t21-,24-/m0/s1. The summed E-state index contributed by atoms with van der Waals surface area (Å²) in [7, 11) is 0. The average Bonchev–Trinajstić information content (AvgIpc) is 2.79. The predicted octanol–water partition coefficient (Wildman–Crippen LogP) is 4.98. The van der Waals surface area contributed by atoms with Gasteiger partial charge in [0.1, 0.15) is 5.82 Å². The highest BCUT2D eigenvalue weighted by Gasteiger charge is 2.45. The molecule has 0 aliphatic carbocycles. The number of rotatable bonds is 5. The Balaban J connectivity index is 1.46. The number of likely N-dealkylation sites (tertiary alicyclic amines) is 1. The maximum absolute atomic E-state index is 14.5. The van der Waals surface area contributed by atoms with Gasteiger partial charge in [-0.05, 0) is 51.3 Å². The fraction of sp³-hybridized carbons (Fsp3) is 0.519. The van der Waals surface area contributed by atoms with Gasteiger partial charge in [-0.25, -0.2) is 4.39 Å². The SMILES string of the molecule is CCO[C@H]1C[C@@H](c2ccccc2)OC2(CCN(C(=O)c3ccc(C(C)(C)O)c(F)c3)CC2)C1. The number of piperidine rings is 1. The van der Waals surface area contributed by atoms with E-state index in [2.05, 4.69) is 12.1 Å². The van der Waals surface area contributed by atoms with Crippen molar-refractivity contribution in [3.8, 4) is 0 Å². The van der Waals surface area contributed by atoms with Gasteiger partial charge < -0.3 is 19.5 Å². The quantitative estimate of drug-likeness (QED) is 0.691. The number of nitrogens with zero attached hydrogens (tertiary/aromatic N) is 1. The number of hydrogen-bond donors (Lipinski definition) is 1. The molecule has 1 N–H and O–H groups in total. The molecule has 4 rings (SSSR count). The minimum Gasteiger partial charge on any atom is -0.386 e. The third-order valence-electron chi connectivity index (χ3n) is 6.88. The fourth-order valence-electron chi connectivity index (χ4n) is 5.14. The molecule has 2 heterocycles. The van der Waals surface area contributed by atoms with Crippen LogP contribution in [0.2, 0.25) is 0 Å². The molecule has 0 unspecified atom stereocenters. The lowest BCUT2D eigenvalue weighted by Gasteiger charge is -2.48. The molecule has 2 aliphatic rings. The summed E-state index contributed by atoms with van der Waals surface area (Å²) >= 11 is 0. The molecule has 33 heavy (non-hydrogen) atoms. The monoisotopic (exact) mass is 455 g/mol. The van der Waals surface area contributed by atoms with Crippen molar-refractivity contribution >= 4 is 5.91 Å². The molecule has 2 atom stereocenters. The number of aliphatic hydroxyl groups is 1. The second kappa shape index (κ2) is 9.53. The summed E-state index contributed by atoms with van der Waals surface area (Å²) in [6, 6.07) is 14.6. The molecule has 0 bridgehead atoms. The van der Waals surface area contributed by atoms with Crippen molar-refractivity contribution < 1.29 is 23.8 Å². The molecule has 5 nitrogen and oxygen atoms in total. The van der Waals surface area contributed by atoms with Crippen molar-refractivity contribution in [2.75, 3.05) is 19.7 Å². The molecule has 0 saturated carbocycles. The van der Waals surface area contributed by atoms with Crippen molar-refractivity contribution in [3.05, 3.63) is 71.0 Å². The van der Waals surface area contributed by atoms with Gasteiger partial charge in [0.05, 0.1) is 23.4 Å². The third-order valence-corrected chi connectivity index (χ3v) is 6.88. The Hall–Kier alpha value is -2.28. The van der Waals surface area contributed by atoms with Crippen LogP contribution in [0, 0.1) is 5.82 Å². The number of benzene rings is 2. The fourth-order valence-corrected chi connectivity index (χ4v) is 5.14. The molecule has 2 aliphatic heterocycles. The molecule has 1 amide bonds. The third kappa shape index (κ3) is 5.29. The van der Waals surface area contributed by atoms with Gasteiger partial charge in [0.25, 0.3) is 5.91 Å². The highest BCUT2D eigenvalue weighted by atomic mass is 19.1. The first-order valence-electron chi connectivity index (χ1n) is 11.9. The van der Waals surface area contributed by atoms with Gasteiger partial charge in [-0.1, -0.05) is 36.4 Å². The summed E-state index contributed by atoms with van der Waals surface area (Å²) in [5.41, 5.74) is 0.0120. The highest BCUT2D eigenvalue weighted by Crippen LogP contribution is 2.44. The Kier molecular flexibility index (Phi) is 6.89. The molecular formula is C27H34FNO4. The van der Waals surface area contributed by atoms with E-state index in [1.807, 2.05) is 25.1 Å². The van der Waals surface area contributed by atoms with Crippen molar-refractivity contribution in [1.82, 2.24) is 4.90 Å². The Morgan fingerprint density at radius 2 is 1.91 bits per heavy atom. The minimum atomic E-state index is -1.30. The molecule has 0 radical (unpaired) electrons. The van der Waals surface area contributed by atoms with Crippen molar-refractivity contribution in [2.24, 2.45) is 0 Å². The summed E-state index contributed by atoms with van der Waals surface area (Å²) in [5, 5.41) is 10.1. The summed E-state index contributed by atoms with van der Waals surface area (Å²) in [6.45, 7) is 6.84. The number of carbonyl (C=O) groups excluding carboxylic acids is 1. The van der Waals surface area contributed by atoms with Crippen LogP contribution in [0.1, 0.15) is 74.0 Å². The smallest absolute Gasteiger partial charge is 0.253 e. The van der Waals surface area contributed by atoms with Crippen LogP contribution >= 0.6 is 0 Å². The van der Waals surface area contributed by atoms with Gasteiger partial charge in [0, 0.05) is 43.7 Å². The average molecular weight is 456 g/mol. The second-order valence-electron chi connectivity index (χ2n) is 9.76. The van der Waals surface area contributed by atoms with Gasteiger partial charge in [-0.15, -0.1) is 0 Å². The summed E-state index contributed by atoms with van der Waals surface area (Å²) in [6.07, 6.45) is 3.18. The maximum atomic E-state index is 14.5. The minimum absolute atomic E-state index is 0.0257. The molecule has 2 aromatic carbocycles. The Morgan fingerprint density at radius 3 is 2.52 bits per heavy atom. The van der Waals surface area contributed by atoms with E-state index in [1.165, 1.54) is 26.0 Å². The van der Waals surface area contributed by atoms with Gasteiger partial charge in [-0.2, -0.15) is 0 Å². The highest BCUT2D eigenvalue weighted by molar-refractivity contribution is 5.94. The van der Waals surface area contributed by atoms with E-state index in [1.54, 1.807) is 11.0 Å². The van der Waals surface area contributed by atoms with Crippen LogP contribution in [0.4, 0.5) is 4.39 Å². The lowest BCUT2D eigenvalue weighted by molar-refractivity contribution is -0.190. The number of halogens is 1. The first-order chi connectivity index (χ1) is 15.7. The lowest BCUT2D eigenvalue weighted by Crippen LogP contribution is -2.52. The molecule has 178 valence electrons. The van der Waals surface area contributed by atoms with E-state index < -0.39 is 11.4 Å². The largest absolute Gasteiger partial charge is 0.386 e. The van der Waals surface area contributed by atoms with Crippen LogP contribution < -0.4 is 0 Å². The van der Waals surface area contributed by atoms with Crippen LogP contribution in [0.15, 0.2) is 48.5 Å². The topological polar surface area (TPSA) is 59.0 Å². The number of ether oxygens (including phenoxy) is 2. The normalized spacial score (nSPS) is 23.0. The Morgan fingerprint density at radius 1 is 1.21 bits per heavy atom. The Bertz CT molecular complexity index is 964. The van der Waals surface area contributed by atoms with Crippen molar-refractivity contribution in [2.45, 2.75) is 69.9 Å². The van der Waals surface area contributed by atoms with Crippen molar-refractivity contribution in [1.29, 1.82) is 0 Å². The zero-order valence-corrected chi connectivity index (χ0v) is 19.7. The number of hydrogen-bond acceptors (Lipinski definition) is 4. The number of carbonyl (C=O) groups is 1. The van der Waals surface area contributed by atoms with E-state index in [4.69, 9.17) is 9.47 Å². The molecule has 1 spiro atoms. The summed E-state index contributed by atoms with van der Waals surface area (Å²) in [5.74, 6) is -0.759.